The molecule has 0 saturated heterocycles. The fraction of sp³-hybridized carbons (Fsp3) is 0.417. The number of hydrogen-bond donors (Lipinski definition) is 2. The molecule has 0 spiro atoms. The molecule has 0 fully saturated rings. The van der Waals surface area contributed by atoms with Gasteiger partial charge < -0.3 is 15.2 Å². The smallest absolute Gasteiger partial charge is 0.101 e. The highest BCUT2D eigenvalue weighted by Gasteiger charge is 2.10. The average molecular weight is 255 g/mol. The Balaban J connectivity index is 2.78. The molecule has 1 unspecified atom stereocenters. The number of benzene rings is 1. The van der Waals surface area contributed by atoms with E-state index in [0.29, 0.717) is 29.3 Å². The van der Waals surface area contributed by atoms with Crippen LogP contribution in [0.25, 0.3) is 0 Å². The Morgan fingerprint density at radius 1 is 1.59 bits per heavy atom. The summed E-state index contributed by atoms with van der Waals surface area (Å²) in [6.07, 6.45) is 0.657. The van der Waals surface area contributed by atoms with Gasteiger partial charge in [-0.2, -0.15) is 5.26 Å². The first-order valence-electron chi connectivity index (χ1n) is 5.27. The van der Waals surface area contributed by atoms with Crippen LogP contribution in [0.15, 0.2) is 18.2 Å². The van der Waals surface area contributed by atoms with Crippen LogP contribution >= 0.6 is 11.6 Å². The minimum Gasteiger partial charge on any atom is -0.394 e. The summed E-state index contributed by atoms with van der Waals surface area (Å²) >= 11 is 5.87. The molecule has 0 aliphatic heterocycles. The first kappa shape index (κ1) is 13.8. The monoisotopic (exact) mass is 254 g/mol. The van der Waals surface area contributed by atoms with Gasteiger partial charge in [0.2, 0.25) is 0 Å². The first-order valence-corrected chi connectivity index (χ1v) is 5.65. The van der Waals surface area contributed by atoms with Gasteiger partial charge in [-0.3, -0.25) is 0 Å². The Labute approximate surface area is 106 Å². The third kappa shape index (κ3) is 4.23. The number of aliphatic hydroxyl groups is 1. The van der Waals surface area contributed by atoms with E-state index in [0.717, 1.165) is 0 Å². The molecule has 0 heterocycles. The van der Waals surface area contributed by atoms with Gasteiger partial charge in [0, 0.05) is 18.7 Å². The van der Waals surface area contributed by atoms with E-state index < -0.39 is 0 Å². The van der Waals surface area contributed by atoms with Crippen LogP contribution < -0.4 is 5.32 Å². The third-order valence-corrected chi connectivity index (χ3v) is 2.59. The number of hydrogen-bond acceptors (Lipinski definition) is 4. The highest BCUT2D eigenvalue weighted by atomic mass is 35.5. The van der Waals surface area contributed by atoms with Crippen molar-refractivity contribution in [1.82, 2.24) is 0 Å². The molecule has 1 aromatic carbocycles. The number of rotatable bonds is 6. The van der Waals surface area contributed by atoms with E-state index in [4.69, 9.17) is 21.6 Å². The van der Waals surface area contributed by atoms with Crippen molar-refractivity contribution in [3.05, 3.63) is 28.8 Å². The molecule has 17 heavy (non-hydrogen) atoms. The minimum atomic E-state index is -0.152. The van der Waals surface area contributed by atoms with E-state index in [9.17, 15) is 5.11 Å². The zero-order chi connectivity index (χ0) is 12.7. The number of ether oxygens (including phenoxy) is 1. The molecule has 92 valence electrons. The van der Waals surface area contributed by atoms with E-state index in [1.807, 2.05) is 0 Å². The molecule has 2 N–H and O–H groups in total. The van der Waals surface area contributed by atoms with Crippen LogP contribution in [-0.2, 0) is 4.74 Å². The molecule has 0 aromatic heterocycles. The maximum absolute atomic E-state index is 9.21. The standard InChI is InChI=1S/C12H15ClN2O2/c1-17-5-4-11(8-16)15-12-6-10(13)3-2-9(12)7-14/h2-3,6,11,15-16H,4-5,8H2,1H3. The zero-order valence-corrected chi connectivity index (χ0v) is 10.4. The molecule has 1 aromatic rings. The van der Waals surface area contributed by atoms with Crippen LogP contribution in [0.4, 0.5) is 5.69 Å². The normalized spacial score (nSPS) is 11.9. The first-order chi connectivity index (χ1) is 8.21. The molecule has 0 aliphatic carbocycles. The maximum atomic E-state index is 9.21. The molecular weight excluding hydrogens is 240 g/mol. The Hall–Kier alpha value is -1.28. The molecule has 0 aliphatic rings. The predicted molar refractivity (Wildman–Crippen MR) is 67.2 cm³/mol. The maximum Gasteiger partial charge on any atom is 0.101 e. The second-order valence-corrected chi connectivity index (χ2v) is 4.04. The lowest BCUT2D eigenvalue weighted by Gasteiger charge is -2.18. The van der Waals surface area contributed by atoms with Crippen molar-refractivity contribution in [2.45, 2.75) is 12.5 Å². The van der Waals surface area contributed by atoms with Crippen LogP contribution in [0.1, 0.15) is 12.0 Å². The van der Waals surface area contributed by atoms with Crippen molar-refractivity contribution in [1.29, 1.82) is 5.26 Å². The number of nitriles is 1. The summed E-state index contributed by atoms with van der Waals surface area (Å²) in [5, 5.41) is 21.8. The SMILES string of the molecule is COCCC(CO)Nc1cc(Cl)ccc1C#N. The number of nitrogens with one attached hydrogen (secondary N) is 1. The molecule has 4 nitrogen and oxygen atoms in total. The van der Waals surface area contributed by atoms with Gasteiger partial charge in [-0.15, -0.1) is 0 Å². The topological polar surface area (TPSA) is 65.3 Å². The largest absolute Gasteiger partial charge is 0.394 e. The van der Waals surface area contributed by atoms with Crippen molar-refractivity contribution in [2.75, 3.05) is 25.6 Å². The van der Waals surface area contributed by atoms with Gasteiger partial charge in [0.15, 0.2) is 0 Å². The van der Waals surface area contributed by atoms with Gasteiger partial charge in [-0.05, 0) is 24.6 Å². The predicted octanol–water partition coefficient (Wildman–Crippen LogP) is 2.02. The van der Waals surface area contributed by atoms with Crippen LogP contribution in [0.2, 0.25) is 5.02 Å². The van der Waals surface area contributed by atoms with E-state index in [2.05, 4.69) is 11.4 Å². The van der Waals surface area contributed by atoms with Crippen LogP contribution in [-0.4, -0.2) is 31.5 Å². The van der Waals surface area contributed by atoms with Crippen molar-refractivity contribution in [3.8, 4) is 6.07 Å². The van der Waals surface area contributed by atoms with Crippen LogP contribution in [0, 0.1) is 11.3 Å². The van der Waals surface area contributed by atoms with Gasteiger partial charge in [0.05, 0.1) is 23.9 Å². The van der Waals surface area contributed by atoms with Gasteiger partial charge in [-0.1, -0.05) is 11.6 Å². The Kier molecular flexibility index (Phi) is 5.78. The van der Waals surface area contributed by atoms with E-state index in [-0.39, 0.29) is 12.6 Å². The molecule has 1 atom stereocenters. The number of anilines is 1. The lowest BCUT2D eigenvalue weighted by Crippen LogP contribution is -2.25. The molecule has 0 saturated carbocycles. The zero-order valence-electron chi connectivity index (χ0n) is 9.61. The molecule has 1 rings (SSSR count). The summed E-state index contributed by atoms with van der Waals surface area (Å²) in [6, 6.07) is 6.91. The van der Waals surface area contributed by atoms with Crippen molar-refractivity contribution >= 4 is 17.3 Å². The molecule has 5 heteroatoms. The Morgan fingerprint density at radius 3 is 2.94 bits per heavy atom. The summed E-state index contributed by atoms with van der Waals surface area (Å²) in [5.41, 5.74) is 1.14. The highest BCUT2D eigenvalue weighted by Crippen LogP contribution is 2.21. The van der Waals surface area contributed by atoms with Gasteiger partial charge in [-0.25, -0.2) is 0 Å². The lowest BCUT2D eigenvalue weighted by molar-refractivity contribution is 0.174. The van der Waals surface area contributed by atoms with Crippen molar-refractivity contribution in [3.63, 3.8) is 0 Å². The summed E-state index contributed by atoms with van der Waals surface area (Å²) in [7, 11) is 1.61. The van der Waals surface area contributed by atoms with Gasteiger partial charge in [0.1, 0.15) is 6.07 Å². The van der Waals surface area contributed by atoms with E-state index in [1.54, 1.807) is 25.3 Å². The van der Waals surface area contributed by atoms with Crippen molar-refractivity contribution in [2.24, 2.45) is 0 Å². The number of nitrogens with zero attached hydrogens (tertiary/aromatic N) is 1. The van der Waals surface area contributed by atoms with Crippen LogP contribution in [0.3, 0.4) is 0 Å². The van der Waals surface area contributed by atoms with E-state index >= 15 is 0 Å². The number of methoxy groups -OCH3 is 1. The second kappa shape index (κ2) is 7.13. The quantitative estimate of drug-likeness (QED) is 0.815. The second-order valence-electron chi connectivity index (χ2n) is 3.61. The summed E-state index contributed by atoms with van der Waals surface area (Å²) in [5.74, 6) is 0. The summed E-state index contributed by atoms with van der Waals surface area (Å²) < 4.78 is 4.95. The summed E-state index contributed by atoms with van der Waals surface area (Å²) in [6.45, 7) is 0.515. The fourth-order valence-corrected chi connectivity index (χ4v) is 1.59. The molecule has 0 radical (unpaired) electrons. The number of halogens is 1. The van der Waals surface area contributed by atoms with Crippen LogP contribution in [0.5, 0.6) is 0 Å². The minimum absolute atomic E-state index is 0.0270. The Morgan fingerprint density at radius 2 is 2.35 bits per heavy atom. The average Bonchev–Trinajstić information content (AvgIpc) is 2.34. The molecular formula is C12H15ClN2O2. The van der Waals surface area contributed by atoms with Crippen molar-refractivity contribution < 1.29 is 9.84 Å². The third-order valence-electron chi connectivity index (χ3n) is 2.35. The van der Waals surface area contributed by atoms with E-state index in [1.165, 1.54) is 0 Å². The van der Waals surface area contributed by atoms with Gasteiger partial charge in [0.25, 0.3) is 0 Å². The number of aliphatic hydroxyl groups excluding tert-OH is 1. The molecule has 0 bridgehead atoms. The fourth-order valence-electron chi connectivity index (χ4n) is 1.42. The van der Waals surface area contributed by atoms with Gasteiger partial charge >= 0.3 is 0 Å². The highest BCUT2D eigenvalue weighted by molar-refractivity contribution is 6.30. The lowest BCUT2D eigenvalue weighted by atomic mass is 10.1. The summed E-state index contributed by atoms with van der Waals surface area (Å²) in [4.78, 5) is 0. The molecule has 0 amide bonds. The Bertz CT molecular complexity index is 404.